The summed E-state index contributed by atoms with van der Waals surface area (Å²) >= 11 is 0. The van der Waals surface area contributed by atoms with E-state index in [4.69, 9.17) is 4.74 Å². The highest BCUT2D eigenvalue weighted by Crippen LogP contribution is 2.35. The fourth-order valence-electron chi connectivity index (χ4n) is 2.24. The lowest BCUT2D eigenvalue weighted by atomic mass is 9.79. The van der Waals surface area contributed by atoms with Gasteiger partial charge in [0, 0.05) is 17.5 Å². The van der Waals surface area contributed by atoms with E-state index in [9.17, 15) is 0 Å². The average molecular weight is 263 g/mol. The third-order valence-electron chi connectivity index (χ3n) is 3.61. The van der Waals surface area contributed by atoms with Gasteiger partial charge in [-0.05, 0) is 23.6 Å². The Morgan fingerprint density at radius 3 is 2.21 bits per heavy atom. The van der Waals surface area contributed by atoms with Gasteiger partial charge in [-0.2, -0.15) is 0 Å². The first-order valence-corrected chi connectivity index (χ1v) is 7.12. The molecule has 1 N–H and O–H groups in total. The second-order valence-electron chi connectivity index (χ2n) is 6.83. The summed E-state index contributed by atoms with van der Waals surface area (Å²) in [5, 5.41) is 3.44. The molecule has 1 aromatic carbocycles. The molecular weight excluding hydrogens is 234 g/mol. The van der Waals surface area contributed by atoms with E-state index in [1.165, 1.54) is 11.1 Å². The molecule has 1 aromatic rings. The van der Waals surface area contributed by atoms with Crippen LogP contribution in [0.2, 0.25) is 0 Å². The predicted molar refractivity (Wildman–Crippen MR) is 83.3 cm³/mol. The molecule has 0 heterocycles. The summed E-state index contributed by atoms with van der Waals surface area (Å²) in [5.74, 6) is 0.982. The zero-order valence-electron chi connectivity index (χ0n) is 13.6. The molecule has 2 nitrogen and oxygen atoms in total. The Kier molecular flexibility index (Phi) is 5.03. The van der Waals surface area contributed by atoms with Crippen LogP contribution >= 0.6 is 0 Å². The van der Waals surface area contributed by atoms with Crippen molar-refractivity contribution in [3.63, 3.8) is 0 Å². The molecule has 0 saturated carbocycles. The largest absolute Gasteiger partial charge is 0.496 e. The third-order valence-corrected chi connectivity index (χ3v) is 3.61. The van der Waals surface area contributed by atoms with E-state index in [2.05, 4.69) is 65.1 Å². The van der Waals surface area contributed by atoms with E-state index in [0.29, 0.717) is 0 Å². The summed E-state index contributed by atoms with van der Waals surface area (Å²) in [6.07, 6.45) is 0. The first-order valence-electron chi connectivity index (χ1n) is 7.12. The Hall–Kier alpha value is -1.02. The van der Waals surface area contributed by atoms with E-state index in [1.54, 1.807) is 7.11 Å². The van der Waals surface area contributed by atoms with Crippen molar-refractivity contribution in [3.8, 4) is 5.75 Å². The monoisotopic (exact) mass is 263 g/mol. The summed E-state index contributed by atoms with van der Waals surface area (Å²) in [6, 6.07) is 6.57. The molecule has 19 heavy (non-hydrogen) atoms. The molecule has 0 aliphatic heterocycles. The average Bonchev–Trinajstić information content (AvgIpc) is 2.34. The highest BCUT2D eigenvalue weighted by atomic mass is 16.5. The maximum absolute atomic E-state index is 5.55. The highest BCUT2D eigenvalue weighted by molar-refractivity contribution is 5.44. The molecule has 0 atom stereocenters. The van der Waals surface area contributed by atoms with Crippen molar-refractivity contribution in [1.82, 2.24) is 5.32 Å². The van der Waals surface area contributed by atoms with Crippen LogP contribution in [0.3, 0.4) is 0 Å². The van der Waals surface area contributed by atoms with Crippen LogP contribution in [0.15, 0.2) is 18.2 Å². The molecule has 1 rings (SSSR count). The lowest BCUT2D eigenvalue weighted by molar-refractivity contribution is 0.385. The lowest BCUT2D eigenvalue weighted by Gasteiger charge is -2.30. The summed E-state index contributed by atoms with van der Waals surface area (Å²) < 4.78 is 5.55. The van der Waals surface area contributed by atoms with Crippen LogP contribution in [0.5, 0.6) is 5.75 Å². The molecule has 0 unspecified atom stereocenters. The van der Waals surface area contributed by atoms with Crippen molar-refractivity contribution >= 4 is 0 Å². The number of likely N-dealkylation sites (N-methyl/N-ethyl adjacent to an activating group) is 1. The molecule has 108 valence electrons. The van der Waals surface area contributed by atoms with Gasteiger partial charge in [-0.1, -0.05) is 53.7 Å². The molecule has 0 spiro atoms. The van der Waals surface area contributed by atoms with Gasteiger partial charge in [0.1, 0.15) is 5.75 Å². The topological polar surface area (TPSA) is 21.3 Å². The van der Waals surface area contributed by atoms with Gasteiger partial charge in [-0.25, -0.2) is 0 Å². The van der Waals surface area contributed by atoms with Gasteiger partial charge in [-0.3, -0.25) is 0 Å². The van der Waals surface area contributed by atoms with Crippen molar-refractivity contribution in [2.45, 2.75) is 52.4 Å². The molecule has 0 aromatic heterocycles. The van der Waals surface area contributed by atoms with Crippen molar-refractivity contribution in [2.75, 3.05) is 20.2 Å². The van der Waals surface area contributed by atoms with Gasteiger partial charge in [0.05, 0.1) is 7.11 Å². The van der Waals surface area contributed by atoms with Gasteiger partial charge >= 0.3 is 0 Å². The molecular formula is C17H29NO. The molecule has 0 amide bonds. The summed E-state index contributed by atoms with van der Waals surface area (Å²) in [7, 11) is 1.75. The molecule has 0 fully saturated rings. The van der Waals surface area contributed by atoms with Gasteiger partial charge in [0.25, 0.3) is 0 Å². The Morgan fingerprint density at radius 2 is 1.74 bits per heavy atom. The summed E-state index contributed by atoms with van der Waals surface area (Å²) in [4.78, 5) is 0. The Bertz CT molecular complexity index is 416. The number of rotatable bonds is 5. The molecule has 0 saturated heterocycles. The number of ether oxygens (including phenoxy) is 1. The van der Waals surface area contributed by atoms with Crippen LogP contribution in [-0.4, -0.2) is 20.2 Å². The molecule has 0 aliphatic rings. The minimum absolute atomic E-state index is 0.0581. The van der Waals surface area contributed by atoms with Crippen LogP contribution in [-0.2, 0) is 10.8 Å². The second-order valence-corrected chi connectivity index (χ2v) is 6.83. The van der Waals surface area contributed by atoms with Crippen molar-refractivity contribution in [3.05, 3.63) is 29.3 Å². The van der Waals surface area contributed by atoms with E-state index in [-0.39, 0.29) is 10.8 Å². The van der Waals surface area contributed by atoms with E-state index in [0.717, 1.165) is 18.8 Å². The Balaban J connectivity index is 3.22. The standard InChI is InChI=1S/C17H29NO/c1-8-18-12-17(5,6)14-11-13(16(2,3)4)9-10-15(14)19-7/h9-11,18H,8,12H2,1-7H3. The van der Waals surface area contributed by atoms with E-state index < -0.39 is 0 Å². The minimum Gasteiger partial charge on any atom is -0.496 e. The Labute approximate surface area is 118 Å². The zero-order valence-corrected chi connectivity index (χ0v) is 13.6. The van der Waals surface area contributed by atoms with Gasteiger partial charge in [0.2, 0.25) is 0 Å². The van der Waals surface area contributed by atoms with E-state index >= 15 is 0 Å². The first-order chi connectivity index (χ1) is 8.72. The number of nitrogens with one attached hydrogen (secondary N) is 1. The number of methoxy groups -OCH3 is 1. The molecule has 0 radical (unpaired) electrons. The van der Waals surface area contributed by atoms with Crippen molar-refractivity contribution < 1.29 is 4.74 Å². The fourth-order valence-corrected chi connectivity index (χ4v) is 2.24. The molecule has 0 aliphatic carbocycles. The van der Waals surface area contributed by atoms with Crippen LogP contribution in [0.25, 0.3) is 0 Å². The third kappa shape index (κ3) is 3.97. The van der Waals surface area contributed by atoms with Gasteiger partial charge in [-0.15, -0.1) is 0 Å². The summed E-state index contributed by atoms with van der Waals surface area (Å²) in [6.45, 7) is 15.3. The molecule has 0 bridgehead atoms. The Morgan fingerprint density at radius 1 is 1.11 bits per heavy atom. The summed E-state index contributed by atoms with van der Waals surface area (Å²) in [5.41, 5.74) is 2.86. The highest BCUT2D eigenvalue weighted by Gasteiger charge is 2.26. The maximum atomic E-state index is 5.55. The smallest absolute Gasteiger partial charge is 0.122 e. The van der Waals surface area contributed by atoms with E-state index in [1.807, 2.05) is 0 Å². The van der Waals surface area contributed by atoms with Crippen molar-refractivity contribution in [2.24, 2.45) is 0 Å². The lowest BCUT2D eigenvalue weighted by Crippen LogP contribution is -2.33. The first kappa shape index (κ1) is 16.0. The number of hydrogen-bond donors (Lipinski definition) is 1. The van der Waals surface area contributed by atoms with Crippen LogP contribution in [0, 0.1) is 0 Å². The number of benzene rings is 1. The second kappa shape index (κ2) is 5.96. The van der Waals surface area contributed by atoms with Crippen LogP contribution in [0.1, 0.15) is 52.7 Å². The van der Waals surface area contributed by atoms with Crippen LogP contribution < -0.4 is 10.1 Å². The normalized spacial score (nSPS) is 12.6. The van der Waals surface area contributed by atoms with Gasteiger partial charge < -0.3 is 10.1 Å². The van der Waals surface area contributed by atoms with Gasteiger partial charge in [0.15, 0.2) is 0 Å². The SMILES string of the molecule is CCNCC(C)(C)c1cc(C(C)(C)C)ccc1OC. The van der Waals surface area contributed by atoms with Crippen molar-refractivity contribution in [1.29, 1.82) is 0 Å². The number of hydrogen-bond acceptors (Lipinski definition) is 2. The zero-order chi connectivity index (χ0) is 14.7. The maximum Gasteiger partial charge on any atom is 0.122 e. The quantitative estimate of drug-likeness (QED) is 0.870. The fraction of sp³-hybridized carbons (Fsp3) is 0.647. The molecule has 2 heteroatoms. The van der Waals surface area contributed by atoms with Crippen LogP contribution in [0.4, 0.5) is 0 Å². The predicted octanol–water partition coefficient (Wildman–Crippen LogP) is 3.88. The minimum atomic E-state index is 0.0581.